The van der Waals surface area contributed by atoms with Crippen molar-refractivity contribution in [1.82, 2.24) is 9.62 Å². The largest absolute Gasteiger partial charge is 0.493 e. The Kier molecular flexibility index (Phi) is 7.92. The molecule has 0 spiro atoms. The van der Waals surface area contributed by atoms with E-state index >= 15 is 0 Å². The van der Waals surface area contributed by atoms with Crippen molar-refractivity contribution in [2.24, 2.45) is 5.92 Å². The fourth-order valence-electron chi connectivity index (χ4n) is 3.85. The Morgan fingerprint density at radius 3 is 2.43 bits per heavy atom. The Morgan fingerprint density at radius 1 is 1.10 bits per heavy atom. The van der Waals surface area contributed by atoms with Crippen molar-refractivity contribution in [3.63, 3.8) is 0 Å². The lowest BCUT2D eigenvalue weighted by atomic mass is 9.92. The normalized spacial score (nSPS) is 20.4. The first kappa shape index (κ1) is 22.8. The summed E-state index contributed by atoms with van der Waals surface area (Å²) in [5.41, 5.74) is 2.53. The molecule has 1 aliphatic heterocycles. The fourth-order valence-corrected chi connectivity index (χ4v) is 4.75. The molecule has 164 valence electrons. The molecule has 0 bridgehead atoms. The maximum atomic E-state index is 12.3. The van der Waals surface area contributed by atoms with Crippen molar-refractivity contribution >= 4 is 10.0 Å². The first-order valence-corrected chi connectivity index (χ1v) is 12.5. The van der Waals surface area contributed by atoms with Gasteiger partial charge in [-0.05, 0) is 49.1 Å². The molecule has 0 aliphatic carbocycles. The van der Waals surface area contributed by atoms with E-state index in [0.29, 0.717) is 19.1 Å². The molecule has 2 aromatic rings. The van der Waals surface area contributed by atoms with Gasteiger partial charge < -0.3 is 4.74 Å². The van der Waals surface area contributed by atoms with Crippen LogP contribution in [0.5, 0.6) is 5.75 Å². The summed E-state index contributed by atoms with van der Waals surface area (Å²) < 4.78 is 33.5. The van der Waals surface area contributed by atoms with Gasteiger partial charge in [0.2, 0.25) is 10.0 Å². The van der Waals surface area contributed by atoms with Crippen LogP contribution in [0.25, 0.3) is 0 Å². The third kappa shape index (κ3) is 6.56. The Hall–Kier alpha value is -1.89. The van der Waals surface area contributed by atoms with Crippen molar-refractivity contribution in [3.05, 3.63) is 65.7 Å². The van der Waals surface area contributed by atoms with Gasteiger partial charge in [0.05, 0.1) is 12.4 Å². The van der Waals surface area contributed by atoms with Crippen LogP contribution in [0, 0.1) is 5.92 Å². The highest BCUT2D eigenvalue weighted by Gasteiger charge is 2.32. The molecule has 0 amide bonds. The highest BCUT2D eigenvalue weighted by molar-refractivity contribution is 7.89. The van der Waals surface area contributed by atoms with E-state index in [-0.39, 0.29) is 17.7 Å². The topological polar surface area (TPSA) is 58.6 Å². The lowest BCUT2D eigenvalue weighted by Gasteiger charge is -2.38. The molecule has 2 atom stereocenters. The van der Waals surface area contributed by atoms with E-state index in [0.717, 1.165) is 25.3 Å². The van der Waals surface area contributed by atoms with Crippen LogP contribution in [-0.4, -0.2) is 44.8 Å². The van der Waals surface area contributed by atoms with Crippen LogP contribution in [0.2, 0.25) is 0 Å². The third-order valence-corrected chi connectivity index (χ3v) is 7.23. The van der Waals surface area contributed by atoms with Crippen molar-refractivity contribution in [1.29, 1.82) is 0 Å². The molecule has 30 heavy (non-hydrogen) atoms. The molecule has 0 radical (unpaired) electrons. The van der Waals surface area contributed by atoms with Crippen molar-refractivity contribution in [3.8, 4) is 5.75 Å². The minimum atomic E-state index is -3.28. The molecular formula is C24H34N2O3S. The maximum absolute atomic E-state index is 12.3. The first-order chi connectivity index (χ1) is 14.4. The Balaban J connectivity index is 1.64. The van der Waals surface area contributed by atoms with Crippen LogP contribution in [0.3, 0.4) is 0 Å². The third-order valence-electron chi connectivity index (χ3n) is 5.81. The number of nitrogens with one attached hydrogen (secondary N) is 1. The lowest BCUT2D eigenvalue weighted by molar-refractivity contribution is 0.109. The van der Waals surface area contributed by atoms with E-state index in [1.54, 1.807) is 6.92 Å². The van der Waals surface area contributed by atoms with Crippen LogP contribution in [0.4, 0.5) is 0 Å². The van der Waals surface area contributed by atoms with E-state index in [2.05, 4.69) is 47.7 Å². The average Bonchev–Trinajstić information content (AvgIpc) is 2.74. The van der Waals surface area contributed by atoms with Crippen LogP contribution >= 0.6 is 0 Å². The van der Waals surface area contributed by atoms with Crippen molar-refractivity contribution in [2.75, 3.05) is 25.4 Å². The number of hydrogen-bond donors (Lipinski definition) is 1. The van der Waals surface area contributed by atoms with Gasteiger partial charge in [-0.3, -0.25) is 4.90 Å². The molecule has 1 heterocycles. The molecule has 1 aliphatic rings. The predicted octanol–water partition coefficient (Wildman–Crippen LogP) is 4.02. The summed E-state index contributed by atoms with van der Waals surface area (Å²) in [4.78, 5) is 2.33. The molecule has 6 heteroatoms. The number of likely N-dealkylation sites (tertiary alicyclic amines) is 1. The van der Waals surface area contributed by atoms with Crippen molar-refractivity contribution in [2.45, 2.75) is 45.7 Å². The number of ether oxygens (including phenoxy) is 1. The fraction of sp³-hybridized carbons (Fsp3) is 0.500. The molecule has 0 aromatic heterocycles. The number of piperidine rings is 1. The van der Waals surface area contributed by atoms with Gasteiger partial charge in [0.25, 0.3) is 0 Å². The highest BCUT2D eigenvalue weighted by Crippen LogP contribution is 2.23. The van der Waals surface area contributed by atoms with E-state index < -0.39 is 10.0 Å². The van der Waals surface area contributed by atoms with Gasteiger partial charge in [-0.2, -0.15) is 0 Å². The lowest BCUT2D eigenvalue weighted by Crippen LogP contribution is -2.53. The molecule has 3 rings (SSSR count). The van der Waals surface area contributed by atoms with Gasteiger partial charge in [0.1, 0.15) is 5.75 Å². The van der Waals surface area contributed by atoms with Crippen LogP contribution in [-0.2, 0) is 16.6 Å². The van der Waals surface area contributed by atoms with Gasteiger partial charge in [-0.25, -0.2) is 13.1 Å². The summed E-state index contributed by atoms with van der Waals surface area (Å²) in [7, 11) is -3.28. The minimum absolute atomic E-state index is 0.0897. The van der Waals surface area contributed by atoms with E-state index in [4.69, 9.17) is 4.74 Å². The van der Waals surface area contributed by atoms with Crippen LogP contribution in [0.15, 0.2) is 54.6 Å². The molecule has 0 saturated carbocycles. The number of nitrogens with zero attached hydrogens (tertiary/aromatic N) is 1. The Bertz CT molecular complexity index is 882. The van der Waals surface area contributed by atoms with Crippen LogP contribution < -0.4 is 9.46 Å². The van der Waals surface area contributed by atoms with E-state index in [1.807, 2.05) is 30.3 Å². The summed E-state index contributed by atoms with van der Waals surface area (Å²) in [5.74, 6) is 1.55. The molecule has 1 fully saturated rings. The summed E-state index contributed by atoms with van der Waals surface area (Å²) in [6.45, 7) is 8.97. The van der Waals surface area contributed by atoms with Gasteiger partial charge in [-0.15, -0.1) is 0 Å². The summed E-state index contributed by atoms with van der Waals surface area (Å²) in [6.07, 6.45) is 0.897. The maximum Gasteiger partial charge on any atom is 0.211 e. The second-order valence-electron chi connectivity index (χ2n) is 8.43. The van der Waals surface area contributed by atoms with E-state index in [1.165, 1.54) is 11.1 Å². The predicted molar refractivity (Wildman–Crippen MR) is 122 cm³/mol. The zero-order valence-electron chi connectivity index (χ0n) is 18.3. The smallest absolute Gasteiger partial charge is 0.211 e. The monoisotopic (exact) mass is 430 g/mol. The highest BCUT2D eigenvalue weighted by atomic mass is 32.2. The minimum Gasteiger partial charge on any atom is -0.493 e. The molecule has 0 unspecified atom stereocenters. The Labute approximate surface area is 181 Å². The second-order valence-corrected chi connectivity index (χ2v) is 10.5. The quantitative estimate of drug-likeness (QED) is 0.653. The number of rotatable bonds is 9. The molecule has 2 aromatic carbocycles. The summed E-state index contributed by atoms with van der Waals surface area (Å²) in [6, 6.07) is 18.4. The van der Waals surface area contributed by atoms with Gasteiger partial charge >= 0.3 is 0 Å². The van der Waals surface area contributed by atoms with Gasteiger partial charge in [0.15, 0.2) is 0 Å². The number of sulfonamides is 1. The number of hydrogen-bond acceptors (Lipinski definition) is 4. The van der Waals surface area contributed by atoms with Crippen molar-refractivity contribution < 1.29 is 13.2 Å². The average molecular weight is 431 g/mol. The molecular weight excluding hydrogens is 396 g/mol. The van der Waals surface area contributed by atoms with Crippen LogP contribution in [0.1, 0.15) is 44.2 Å². The second kappa shape index (κ2) is 10.4. The summed E-state index contributed by atoms with van der Waals surface area (Å²) >= 11 is 0. The zero-order chi connectivity index (χ0) is 21.6. The van der Waals surface area contributed by atoms with E-state index in [9.17, 15) is 8.42 Å². The summed E-state index contributed by atoms with van der Waals surface area (Å²) in [5, 5.41) is 0. The van der Waals surface area contributed by atoms with Gasteiger partial charge in [-0.1, -0.05) is 56.3 Å². The van der Waals surface area contributed by atoms with Gasteiger partial charge in [0, 0.05) is 25.0 Å². The number of benzene rings is 2. The molecule has 1 N–H and O–H groups in total. The zero-order valence-corrected chi connectivity index (χ0v) is 19.1. The Morgan fingerprint density at radius 2 is 1.80 bits per heavy atom. The molecule has 5 nitrogen and oxygen atoms in total. The first-order valence-electron chi connectivity index (χ1n) is 10.9. The molecule has 1 saturated heterocycles. The SMILES string of the molecule is CCS(=O)(=O)N[C@H]1CN(Cc2ccccc2)CC[C@@H]1COc1ccc(C(C)C)cc1. The standard InChI is InChI=1S/C24H34N2O3S/c1-4-30(27,28)25-24-17-26(16-20-8-6-5-7-9-20)15-14-22(24)18-29-23-12-10-21(11-13-23)19(2)3/h5-13,19,22,24-25H,4,14-18H2,1-3H3/t22-,24+/m1/s1.